The van der Waals surface area contributed by atoms with Crippen molar-refractivity contribution in [2.24, 2.45) is 0 Å². The molecular weight excluding hydrogens is 404 g/mol. The zero-order chi connectivity index (χ0) is 20.7. The molecule has 1 aliphatic carbocycles. The van der Waals surface area contributed by atoms with Gasteiger partial charge in [0.2, 0.25) is 0 Å². The van der Waals surface area contributed by atoms with Gasteiger partial charge in [0, 0.05) is 28.4 Å². The van der Waals surface area contributed by atoms with Gasteiger partial charge in [-0.25, -0.2) is 4.79 Å². The van der Waals surface area contributed by atoms with Crippen LogP contribution in [0.1, 0.15) is 32.7 Å². The van der Waals surface area contributed by atoms with Gasteiger partial charge in [-0.3, -0.25) is 9.59 Å². The van der Waals surface area contributed by atoms with Gasteiger partial charge in [-0.15, -0.1) is 12.4 Å². The minimum atomic E-state index is -0.513. The number of aromatic nitrogens is 1. The molecule has 2 aromatic carbocycles. The standard InChI is InChI=1S/C23H22N2O4.ClH/c1-24(2)11-6-12-25-20-16-7-4-5-8-17(16)21(26)19(20)15-10-9-14(23(28)29-3)13-18(15)22(25)27;/h4-5,7-10,13H,6,11-12H2,1-3H3;1H. The fraction of sp³-hybridized carbons (Fsp3) is 0.261. The van der Waals surface area contributed by atoms with E-state index in [-0.39, 0.29) is 23.7 Å². The number of nitrogens with zero attached hydrogens (tertiary/aromatic N) is 2. The van der Waals surface area contributed by atoms with Crippen LogP contribution in [0.15, 0.2) is 47.3 Å². The van der Waals surface area contributed by atoms with Crippen LogP contribution >= 0.6 is 12.4 Å². The molecule has 1 aromatic heterocycles. The van der Waals surface area contributed by atoms with Gasteiger partial charge in [0.25, 0.3) is 5.56 Å². The summed E-state index contributed by atoms with van der Waals surface area (Å²) in [6, 6.07) is 12.2. The van der Waals surface area contributed by atoms with Crippen molar-refractivity contribution in [1.29, 1.82) is 0 Å². The highest BCUT2D eigenvalue weighted by Gasteiger charge is 2.32. The molecular formula is C23H23ClN2O4. The first kappa shape index (κ1) is 21.7. The summed E-state index contributed by atoms with van der Waals surface area (Å²) in [6.07, 6.45) is 0.762. The van der Waals surface area contributed by atoms with E-state index in [1.807, 2.05) is 32.3 Å². The SMILES string of the molecule is COC(=O)c1ccc2c3c(n(CCCN(C)C)c(=O)c2c1)-c1ccccc1C3=O.Cl. The quantitative estimate of drug-likeness (QED) is 0.458. The lowest BCUT2D eigenvalue weighted by Crippen LogP contribution is -2.25. The Balaban J connectivity index is 0.00000256. The van der Waals surface area contributed by atoms with E-state index >= 15 is 0 Å². The van der Waals surface area contributed by atoms with Gasteiger partial charge >= 0.3 is 5.97 Å². The Kier molecular flexibility index (Phi) is 6.10. The van der Waals surface area contributed by atoms with Crippen molar-refractivity contribution in [2.45, 2.75) is 13.0 Å². The van der Waals surface area contributed by atoms with Crippen molar-refractivity contribution in [3.8, 4) is 11.3 Å². The molecule has 156 valence electrons. The Labute approximate surface area is 180 Å². The molecule has 0 radical (unpaired) electrons. The molecule has 0 unspecified atom stereocenters. The zero-order valence-corrected chi connectivity index (χ0v) is 17.9. The van der Waals surface area contributed by atoms with Crippen LogP contribution in [0.25, 0.3) is 22.0 Å². The van der Waals surface area contributed by atoms with E-state index in [9.17, 15) is 14.4 Å². The van der Waals surface area contributed by atoms with Crippen molar-refractivity contribution < 1.29 is 14.3 Å². The first-order valence-corrected chi connectivity index (χ1v) is 9.51. The number of rotatable bonds is 5. The smallest absolute Gasteiger partial charge is 0.337 e. The number of methoxy groups -OCH3 is 1. The molecule has 3 aromatic rings. The Hall–Kier alpha value is -2.96. The number of ketones is 1. The Bertz CT molecular complexity index is 1210. The third-order valence-electron chi connectivity index (χ3n) is 5.33. The van der Waals surface area contributed by atoms with Gasteiger partial charge < -0.3 is 14.2 Å². The van der Waals surface area contributed by atoms with Crippen LogP contribution in [0.4, 0.5) is 0 Å². The molecule has 0 aliphatic heterocycles. The average molecular weight is 427 g/mol. The van der Waals surface area contributed by atoms with Gasteiger partial charge in [0.1, 0.15) is 0 Å². The number of halogens is 1. The number of esters is 1. The number of carbonyl (C=O) groups excluding carboxylic acids is 2. The molecule has 0 saturated heterocycles. The molecule has 0 atom stereocenters. The molecule has 0 saturated carbocycles. The van der Waals surface area contributed by atoms with Crippen molar-refractivity contribution in [3.05, 3.63) is 69.5 Å². The average Bonchev–Trinajstić information content (AvgIpc) is 3.02. The van der Waals surface area contributed by atoms with E-state index in [1.54, 1.807) is 22.8 Å². The molecule has 4 rings (SSSR count). The van der Waals surface area contributed by atoms with E-state index in [2.05, 4.69) is 4.90 Å². The van der Waals surface area contributed by atoms with Crippen LogP contribution in [0.3, 0.4) is 0 Å². The second-order valence-electron chi connectivity index (χ2n) is 7.46. The second kappa shape index (κ2) is 8.42. The van der Waals surface area contributed by atoms with Crippen LogP contribution in [-0.4, -0.2) is 49.0 Å². The van der Waals surface area contributed by atoms with E-state index in [0.29, 0.717) is 39.7 Å². The van der Waals surface area contributed by atoms with Gasteiger partial charge in [-0.1, -0.05) is 30.3 Å². The number of ether oxygens (including phenoxy) is 1. The maximum Gasteiger partial charge on any atom is 0.337 e. The summed E-state index contributed by atoms with van der Waals surface area (Å²) in [5.74, 6) is -0.603. The summed E-state index contributed by atoms with van der Waals surface area (Å²) >= 11 is 0. The van der Waals surface area contributed by atoms with Crippen LogP contribution in [-0.2, 0) is 11.3 Å². The number of benzene rings is 2. The van der Waals surface area contributed by atoms with Crippen molar-refractivity contribution in [3.63, 3.8) is 0 Å². The number of hydrogen-bond acceptors (Lipinski definition) is 5. The number of carbonyl (C=O) groups is 2. The maximum atomic E-state index is 13.4. The summed E-state index contributed by atoms with van der Waals surface area (Å²) in [5.41, 5.74) is 2.68. The summed E-state index contributed by atoms with van der Waals surface area (Å²) in [5, 5.41) is 0.931. The largest absolute Gasteiger partial charge is 0.465 e. The highest BCUT2D eigenvalue weighted by atomic mass is 35.5. The first-order valence-electron chi connectivity index (χ1n) is 9.51. The van der Waals surface area contributed by atoms with Crippen LogP contribution in [0.2, 0.25) is 0 Å². The normalized spacial score (nSPS) is 11.9. The van der Waals surface area contributed by atoms with Gasteiger partial charge in [0.05, 0.1) is 23.9 Å². The highest BCUT2D eigenvalue weighted by Crippen LogP contribution is 2.39. The van der Waals surface area contributed by atoms with Crippen molar-refractivity contribution in [2.75, 3.05) is 27.7 Å². The summed E-state index contributed by atoms with van der Waals surface area (Å²) in [6.45, 7) is 1.30. The molecule has 6 nitrogen and oxygen atoms in total. The Morgan fingerprint density at radius 2 is 1.73 bits per heavy atom. The third-order valence-corrected chi connectivity index (χ3v) is 5.33. The van der Waals surface area contributed by atoms with Gasteiger partial charge in [0.15, 0.2) is 5.78 Å². The predicted octanol–water partition coefficient (Wildman–Crippen LogP) is 3.37. The van der Waals surface area contributed by atoms with Gasteiger partial charge in [-0.05, 0) is 39.2 Å². The van der Waals surface area contributed by atoms with Gasteiger partial charge in [-0.2, -0.15) is 0 Å². The fourth-order valence-electron chi connectivity index (χ4n) is 3.98. The third kappa shape index (κ3) is 3.42. The van der Waals surface area contributed by atoms with Crippen LogP contribution in [0, 0.1) is 0 Å². The molecule has 1 heterocycles. The second-order valence-corrected chi connectivity index (χ2v) is 7.46. The summed E-state index contributed by atoms with van der Waals surface area (Å²) in [4.78, 5) is 40.7. The number of pyridine rings is 1. The van der Waals surface area contributed by atoms with Crippen molar-refractivity contribution >= 4 is 34.9 Å². The predicted molar refractivity (Wildman–Crippen MR) is 119 cm³/mol. The van der Waals surface area contributed by atoms with Crippen molar-refractivity contribution in [1.82, 2.24) is 9.47 Å². The lowest BCUT2D eigenvalue weighted by atomic mass is 10.0. The highest BCUT2D eigenvalue weighted by molar-refractivity contribution is 6.26. The zero-order valence-electron chi connectivity index (χ0n) is 17.1. The molecule has 0 bridgehead atoms. The first-order chi connectivity index (χ1) is 13.9. The topological polar surface area (TPSA) is 68.6 Å². The van der Waals surface area contributed by atoms with E-state index < -0.39 is 5.97 Å². The lowest BCUT2D eigenvalue weighted by molar-refractivity contribution is 0.0601. The molecule has 7 heteroatoms. The molecule has 1 aliphatic rings. The molecule has 0 amide bonds. The monoisotopic (exact) mass is 426 g/mol. The summed E-state index contributed by atoms with van der Waals surface area (Å²) in [7, 11) is 5.26. The number of hydrogen-bond donors (Lipinski definition) is 0. The number of fused-ring (bicyclic) bond motifs is 5. The molecule has 0 spiro atoms. The Morgan fingerprint density at radius 1 is 1.03 bits per heavy atom. The van der Waals surface area contributed by atoms with E-state index in [0.717, 1.165) is 18.5 Å². The van der Waals surface area contributed by atoms with E-state index in [1.165, 1.54) is 13.2 Å². The molecule has 0 fully saturated rings. The molecule has 30 heavy (non-hydrogen) atoms. The van der Waals surface area contributed by atoms with E-state index in [4.69, 9.17) is 4.74 Å². The van der Waals surface area contributed by atoms with Crippen LogP contribution < -0.4 is 5.56 Å². The maximum absolute atomic E-state index is 13.4. The minimum Gasteiger partial charge on any atom is -0.465 e. The summed E-state index contributed by atoms with van der Waals surface area (Å²) < 4.78 is 6.48. The minimum absolute atomic E-state index is 0. The Morgan fingerprint density at radius 3 is 2.40 bits per heavy atom. The molecule has 0 N–H and O–H groups in total. The van der Waals surface area contributed by atoms with Crippen LogP contribution in [0.5, 0.6) is 0 Å². The fourth-order valence-corrected chi connectivity index (χ4v) is 3.98. The lowest BCUT2D eigenvalue weighted by Gasteiger charge is -2.16.